The highest BCUT2D eigenvalue weighted by atomic mass is 79.9. The number of amides is 1. The van der Waals surface area contributed by atoms with E-state index in [1.54, 1.807) is 24.3 Å². The molecule has 0 aliphatic carbocycles. The molecule has 0 spiro atoms. The second-order valence-corrected chi connectivity index (χ2v) is 12.3. The van der Waals surface area contributed by atoms with Crippen molar-refractivity contribution in [2.75, 3.05) is 27.1 Å². The predicted octanol–water partition coefficient (Wildman–Crippen LogP) is 4.96. The number of hydrogen-bond donors (Lipinski definition) is 2. The number of carbonyl (C=O) groups is 1. The topological polar surface area (TPSA) is 113 Å². The van der Waals surface area contributed by atoms with E-state index in [0.29, 0.717) is 5.69 Å². The number of nitrogens with zero attached hydrogens (tertiary/aromatic N) is 1. The van der Waals surface area contributed by atoms with Crippen LogP contribution in [0.4, 0.5) is 17.1 Å². The maximum absolute atomic E-state index is 12.6. The molecule has 0 saturated carbocycles. The average Bonchev–Trinajstić information content (AvgIpc) is 2.75. The van der Waals surface area contributed by atoms with Crippen LogP contribution in [0.25, 0.3) is 0 Å². The third-order valence-corrected chi connectivity index (χ3v) is 8.29. The van der Waals surface area contributed by atoms with Crippen molar-refractivity contribution in [3.05, 3.63) is 81.2 Å². The molecule has 0 saturated heterocycles. The van der Waals surface area contributed by atoms with Crippen LogP contribution in [0.15, 0.2) is 76.1 Å². The fourth-order valence-electron chi connectivity index (χ4n) is 2.85. The summed E-state index contributed by atoms with van der Waals surface area (Å²) in [5, 5.41) is 2.68. The number of anilines is 3. The lowest BCUT2D eigenvalue weighted by Gasteiger charge is -2.23. The highest BCUT2D eigenvalue weighted by Gasteiger charge is 2.24. The fraction of sp³-hybridized carbons (Fsp3) is 0.0952. The van der Waals surface area contributed by atoms with E-state index in [9.17, 15) is 21.6 Å². The van der Waals surface area contributed by atoms with Gasteiger partial charge in [-0.2, -0.15) is 0 Å². The van der Waals surface area contributed by atoms with Gasteiger partial charge in [0, 0.05) is 15.8 Å². The first-order valence-electron chi connectivity index (χ1n) is 9.47. The van der Waals surface area contributed by atoms with Gasteiger partial charge in [0.25, 0.3) is 10.0 Å². The molecule has 0 heterocycles. The minimum Gasteiger partial charge on any atom is -0.325 e. The summed E-state index contributed by atoms with van der Waals surface area (Å²) in [5.74, 6) is -0.662. The molecule has 0 unspecified atom stereocenters. The summed E-state index contributed by atoms with van der Waals surface area (Å²) < 4.78 is 53.8. The fourth-order valence-corrected chi connectivity index (χ4v) is 5.48. The molecule has 0 atom stereocenters. The highest BCUT2D eigenvalue weighted by molar-refractivity contribution is 9.10. The molecule has 2 N–H and O–H groups in total. The van der Waals surface area contributed by atoms with Crippen molar-refractivity contribution in [2.45, 2.75) is 4.90 Å². The quantitative estimate of drug-likeness (QED) is 0.376. The smallest absolute Gasteiger partial charge is 0.261 e. The van der Waals surface area contributed by atoms with Gasteiger partial charge in [0.15, 0.2) is 0 Å². The summed E-state index contributed by atoms with van der Waals surface area (Å²) in [7, 11) is -7.71. The van der Waals surface area contributed by atoms with Gasteiger partial charge in [0.05, 0.1) is 26.9 Å². The summed E-state index contributed by atoms with van der Waals surface area (Å²) in [4.78, 5) is 12.5. The van der Waals surface area contributed by atoms with E-state index in [4.69, 9.17) is 23.2 Å². The molecule has 34 heavy (non-hydrogen) atoms. The molecule has 0 radical (unpaired) electrons. The second-order valence-electron chi connectivity index (χ2n) is 7.03. The average molecular weight is 607 g/mol. The minimum absolute atomic E-state index is 0.00442. The van der Waals surface area contributed by atoms with Crippen LogP contribution in [0.2, 0.25) is 10.0 Å². The Hall–Kier alpha value is -2.31. The van der Waals surface area contributed by atoms with Crippen molar-refractivity contribution >= 4 is 82.1 Å². The Kier molecular flexibility index (Phi) is 8.14. The molecule has 0 fully saturated rings. The summed E-state index contributed by atoms with van der Waals surface area (Å²) in [5.41, 5.74) is 0.728. The number of benzene rings is 3. The largest absolute Gasteiger partial charge is 0.325 e. The van der Waals surface area contributed by atoms with Gasteiger partial charge in [0.2, 0.25) is 15.9 Å². The molecule has 1 amide bonds. The lowest BCUT2D eigenvalue weighted by Crippen LogP contribution is -2.37. The molecular formula is C21H18BrCl2N3O5S2. The normalized spacial score (nSPS) is 11.6. The van der Waals surface area contributed by atoms with Crippen molar-refractivity contribution in [3.8, 4) is 0 Å². The van der Waals surface area contributed by atoms with Crippen molar-refractivity contribution in [2.24, 2.45) is 0 Å². The Labute approximate surface area is 216 Å². The van der Waals surface area contributed by atoms with Gasteiger partial charge in [-0.3, -0.25) is 13.8 Å². The molecule has 3 rings (SSSR count). The summed E-state index contributed by atoms with van der Waals surface area (Å²) in [6, 6.07) is 16.5. The molecule has 0 aliphatic heterocycles. The zero-order chi connectivity index (χ0) is 25.1. The van der Waals surface area contributed by atoms with E-state index in [-0.39, 0.29) is 26.3 Å². The van der Waals surface area contributed by atoms with Crippen molar-refractivity contribution in [3.63, 3.8) is 0 Å². The molecule has 3 aromatic rings. The number of hydrogen-bond acceptors (Lipinski definition) is 5. The van der Waals surface area contributed by atoms with Crippen LogP contribution < -0.4 is 14.3 Å². The minimum atomic E-state index is -3.86. The summed E-state index contributed by atoms with van der Waals surface area (Å²) in [6.07, 6.45) is 0.940. The highest BCUT2D eigenvalue weighted by Crippen LogP contribution is 2.33. The van der Waals surface area contributed by atoms with Gasteiger partial charge < -0.3 is 5.32 Å². The Balaban J connectivity index is 1.73. The Morgan fingerprint density at radius 3 is 2.09 bits per heavy atom. The first-order chi connectivity index (χ1) is 15.9. The first-order valence-corrected chi connectivity index (χ1v) is 14.3. The van der Waals surface area contributed by atoms with E-state index in [0.717, 1.165) is 15.0 Å². The SMILES string of the molecule is CS(=O)(=O)N(CC(=O)Nc1ccc(S(=O)(=O)Nc2ccc(Br)cc2)cc1)c1cccc(Cl)c1Cl. The number of sulfonamides is 2. The number of rotatable bonds is 8. The maximum atomic E-state index is 12.6. The van der Waals surface area contributed by atoms with E-state index in [2.05, 4.69) is 26.0 Å². The predicted molar refractivity (Wildman–Crippen MR) is 139 cm³/mol. The Bertz CT molecular complexity index is 1420. The van der Waals surface area contributed by atoms with Gasteiger partial charge in [-0.25, -0.2) is 16.8 Å². The van der Waals surface area contributed by atoms with Gasteiger partial charge in [-0.1, -0.05) is 45.2 Å². The van der Waals surface area contributed by atoms with Gasteiger partial charge in [-0.15, -0.1) is 0 Å². The molecule has 180 valence electrons. The van der Waals surface area contributed by atoms with Gasteiger partial charge in [0.1, 0.15) is 6.54 Å². The molecule has 0 bridgehead atoms. The third kappa shape index (κ3) is 6.63. The second kappa shape index (κ2) is 10.5. The van der Waals surface area contributed by atoms with E-state index in [1.807, 2.05) is 0 Å². The molecule has 3 aromatic carbocycles. The Morgan fingerprint density at radius 2 is 1.50 bits per heavy atom. The van der Waals surface area contributed by atoms with E-state index < -0.39 is 32.5 Å². The van der Waals surface area contributed by atoms with Crippen LogP contribution in [0.5, 0.6) is 0 Å². The number of halogens is 3. The number of nitrogens with one attached hydrogen (secondary N) is 2. The molecule has 8 nitrogen and oxygen atoms in total. The van der Waals surface area contributed by atoms with Crippen molar-refractivity contribution in [1.82, 2.24) is 0 Å². The molecule has 13 heteroatoms. The molecule has 0 aromatic heterocycles. The monoisotopic (exact) mass is 605 g/mol. The zero-order valence-corrected chi connectivity index (χ0v) is 22.2. The lowest BCUT2D eigenvalue weighted by molar-refractivity contribution is -0.114. The van der Waals surface area contributed by atoms with Gasteiger partial charge in [-0.05, 0) is 60.7 Å². The molecular weight excluding hydrogens is 589 g/mol. The van der Waals surface area contributed by atoms with Crippen molar-refractivity contribution in [1.29, 1.82) is 0 Å². The lowest BCUT2D eigenvalue weighted by atomic mass is 10.3. The summed E-state index contributed by atoms with van der Waals surface area (Å²) >= 11 is 15.4. The third-order valence-electron chi connectivity index (χ3n) is 4.43. The number of carbonyl (C=O) groups excluding carboxylic acids is 1. The van der Waals surface area contributed by atoms with Crippen LogP contribution in [-0.4, -0.2) is 35.5 Å². The summed E-state index contributed by atoms with van der Waals surface area (Å²) in [6.45, 7) is -0.565. The van der Waals surface area contributed by atoms with Crippen LogP contribution in [0, 0.1) is 0 Å². The molecule has 0 aliphatic rings. The zero-order valence-electron chi connectivity index (χ0n) is 17.5. The maximum Gasteiger partial charge on any atom is 0.261 e. The van der Waals surface area contributed by atoms with E-state index >= 15 is 0 Å². The van der Waals surface area contributed by atoms with E-state index in [1.165, 1.54) is 42.5 Å². The Morgan fingerprint density at radius 1 is 0.912 bits per heavy atom. The van der Waals surface area contributed by atoms with Crippen molar-refractivity contribution < 1.29 is 21.6 Å². The van der Waals surface area contributed by atoms with Crippen LogP contribution in [0.1, 0.15) is 0 Å². The van der Waals surface area contributed by atoms with Crippen LogP contribution >= 0.6 is 39.1 Å². The standard InChI is InChI=1S/C21H18BrCl2N3O5S2/c1-33(29,30)27(19-4-2-3-18(23)21(19)24)13-20(28)25-15-9-11-17(12-10-15)34(31,32)26-16-7-5-14(22)6-8-16/h2-12,26H,13H2,1H3,(H,25,28). The van der Waals surface area contributed by atoms with Gasteiger partial charge >= 0.3 is 0 Å². The first kappa shape index (κ1) is 26.3. The van der Waals surface area contributed by atoms with Crippen LogP contribution in [0.3, 0.4) is 0 Å². The van der Waals surface area contributed by atoms with Crippen LogP contribution in [-0.2, 0) is 24.8 Å².